The molecule has 0 unspecified atom stereocenters. The van der Waals surface area contributed by atoms with Crippen molar-refractivity contribution in [1.29, 1.82) is 0 Å². The van der Waals surface area contributed by atoms with Crippen LogP contribution in [-0.2, 0) is 6.67 Å². The van der Waals surface area contributed by atoms with E-state index in [4.69, 9.17) is 5.73 Å². The number of anilines is 1. The number of aliphatic hydroxyl groups is 1. The van der Waals surface area contributed by atoms with E-state index in [0.717, 1.165) is 0 Å². The number of nitrogens with zero attached hydrogens (tertiary/aromatic N) is 8. The minimum atomic E-state index is -0.490. The van der Waals surface area contributed by atoms with Crippen molar-refractivity contribution in [2.45, 2.75) is 18.8 Å². The van der Waals surface area contributed by atoms with E-state index in [2.05, 4.69) is 30.2 Å². The standard InChI is InChI=1S/C12H15N9O/c13-11-10-12(15-5-14-11)20(6-16-10)7-19-3-8(9(22)4-19)21-2-1-17-18-21/h1-2,5-6,8-9,22H,3-4,7H2,(H2,13,14,15)/t8-,9-/m0/s1. The lowest BCUT2D eigenvalue weighted by Gasteiger charge is -2.16. The van der Waals surface area contributed by atoms with Gasteiger partial charge in [0.1, 0.15) is 11.8 Å². The van der Waals surface area contributed by atoms with Gasteiger partial charge in [0.15, 0.2) is 11.5 Å². The Morgan fingerprint density at radius 2 is 2.18 bits per heavy atom. The molecule has 2 atom stereocenters. The fourth-order valence-electron chi connectivity index (χ4n) is 2.83. The van der Waals surface area contributed by atoms with Gasteiger partial charge in [0.2, 0.25) is 0 Å². The molecule has 0 spiro atoms. The molecule has 4 rings (SSSR count). The van der Waals surface area contributed by atoms with Crippen molar-refractivity contribution < 1.29 is 5.11 Å². The fourth-order valence-corrected chi connectivity index (χ4v) is 2.83. The van der Waals surface area contributed by atoms with Gasteiger partial charge in [-0.25, -0.2) is 19.6 Å². The van der Waals surface area contributed by atoms with Gasteiger partial charge in [-0.15, -0.1) is 5.10 Å². The third-order valence-electron chi connectivity index (χ3n) is 3.90. The monoisotopic (exact) mass is 301 g/mol. The van der Waals surface area contributed by atoms with Gasteiger partial charge in [0, 0.05) is 19.3 Å². The summed E-state index contributed by atoms with van der Waals surface area (Å²) in [5, 5.41) is 18.0. The van der Waals surface area contributed by atoms with Crippen LogP contribution in [0, 0.1) is 0 Å². The summed E-state index contributed by atoms with van der Waals surface area (Å²) in [5.74, 6) is 0.366. The Hall–Kier alpha value is -2.59. The molecule has 10 nitrogen and oxygen atoms in total. The number of rotatable bonds is 3. The van der Waals surface area contributed by atoms with Gasteiger partial charge in [-0.05, 0) is 0 Å². The summed E-state index contributed by atoms with van der Waals surface area (Å²) < 4.78 is 3.58. The molecule has 1 fully saturated rings. The molecule has 1 aliphatic rings. The number of β-amino-alcohol motifs (C(OH)–C–C–N with tert-alkyl or cyclic N) is 1. The van der Waals surface area contributed by atoms with Crippen molar-refractivity contribution in [3.8, 4) is 0 Å². The first-order valence-corrected chi connectivity index (χ1v) is 6.90. The lowest BCUT2D eigenvalue weighted by molar-refractivity contribution is 0.135. The van der Waals surface area contributed by atoms with Gasteiger partial charge in [-0.3, -0.25) is 4.90 Å². The van der Waals surface area contributed by atoms with Crippen molar-refractivity contribution in [2.75, 3.05) is 18.8 Å². The van der Waals surface area contributed by atoms with E-state index < -0.39 is 6.10 Å². The number of imidazole rings is 1. The molecule has 4 heterocycles. The Morgan fingerprint density at radius 1 is 1.27 bits per heavy atom. The molecule has 114 valence electrons. The molecule has 1 aliphatic heterocycles. The number of hydrogen-bond donors (Lipinski definition) is 2. The first-order chi connectivity index (χ1) is 10.7. The van der Waals surface area contributed by atoms with Crippen LogP contribution in [0.2, 0.25) is 0 Å². The number of hydrogen-bond acceptors (Lipinski definition) is 8. The van der Waals surface area contributed by atoms with Crippen LogP contribution in [0.1, 0.15) is 6.04 Å². The van der Waals surface area contributed by atoms with E-state index in [0.29, 0.717) is 36.7 Å². The van der Waals surface area contributed by atoms with Crippen LogP contribution < -0.4 is 5.73 Å². The van der Waals surface area contributed by atoms with Gasteiger partial charge < -0.3 is 15.4 Å². The first-order valence-electron chi connectivity index (χ1n) is 6.90. The van der Waals surface area contributed by atoms with Gasteiger partial charge in [-0.2, -0.15) is 0 Å². The molecule has 0 aliphatic carbocycles. The predicted molar refractivity (Wildman–Crippen MR) is 76.4 cm³/mol. The molecule has 3 aromatic rings. The third-order valence-corrected chi connectivity index (χ3v) is 3.90. The van der Waals surface area contributed by atoms with Crippen LogP contribution >= 0.6 is 0 Å². The minimum absolute atomic E-state index is 0.100. The number of likely N-dealkylation sites (tertiary alicyclic amines) is 1. The summed E-state index contributed by atoms with van der Waals surface area (Å²) in [7, 11) is 0. The third kappa shape index (κ3) is 2.09. The highest BCUT2D eigenvalue weighted by Gasteiger charge is 2.33. The maximum Gasteiger partial charge on any atom is 0.166 e. The highest BCUT2D eigenvalue weighted by atomic mass is 16.3. The normalized spacial score (nSPS) is 22.6. The van der Waals surface area contributed by atoms with Crippen LogP contribution in [0.4, 0.5) is 5.82 Å². The van der Waals surface area contributed by atoms with Crippen LogP contribution in [0.3, 0.4) is 0 Å². The molecule has 0 bridgehead atoms. The SMILES string of the molecule is Nc1ncnc2c1ncn2CN1C[C@H](O)[C@@H](n2ccnn2)C1. The number of aromatic nitrogens is 7. The van der Waals surface area contributed by atoms with Gasteiger partial charge in [0.05, 0.1) is 31.3 Å². The number of fused-ring (bicyclic) bond motifs is 1. The largest absolute Gasteiger partial charge is 0.389 e. The second kappa shape index (κ2) is 5.00. The molecular formula is C12H15N9O. The molecule has 0 amide bonds. The zero-order valence-electron chi connectivity index (χ0n) is 11.7. The van der Waals surface area contributed by atoms with E-state index in [-0.39, 0.29) is 6.04 Å². The molecular weight excluding hydrogens is 286 g/mol. The van der Waals surface area contributed by atoms with Gasteiger partial charge >= 0.3 is 0 Å². The van der Waals surface area contributed by atoms with Crippen LogP contribution in [-0.4, -0.2) is 63.7 Å². The molecule has 3 N–H and O–H groups in total. The second-order valence-corrected chi connectivity index (χ2v) is 5.34. The summed E-state index contributed by atoms with van der Waals surface area (Å²) in [6.45, 7) is 1.78. The summed E-state index contributed by atoms with van der Waals surface area (Å²) >= 11 is 0. The molecule has 3 aromatic heterocycles. The first kappa shape index (κ1) is 13.1. The number of nitrogens with two attached hydrogens (primary N) is 1. The van der Waals surface area contributed by atoms with Crippen LogP contribution in [0.25, 0.3) is 11.2 Å². The summed E-state index contributed by atoms with van der Waals surface area (Å²) in [6, 6.07) is -0.100. The highest BCUT2D eigenvalue weighted by molar-refractivity contribution is 5.80. The highest BCUT2D eigenvalue weighted by Crippen LogP contribution is 2.22. The van der Waals surface area contributed by atoms with E-state index in [1.807, 2.05) is 4.57 Å². The Balaban J connectivity index is 1.55. The minimum Gasteiger partial charge on any atom is -0.389 e. The lowest BCUT2D eigenvalue weighted by atomic mass is 10.2. The van der Waals surface area contributed by atoms with Gasteiger partial charge in [-0.1, -0.05) is 5.21 Å². The molecule has 0 aromatic carbocycles. The van der Waals surface area contributed by atoms with Crippen molar-refractivity contribution >= 4 is 17.0 Å². The summed E-state index contributed by atoms with van der Waals surface area (Å²) in [6.07, 6.45) is 5.99. The zero-order chi connectivity index (χ0) is 15.1. The Kier molecular flexibility index (Phi) is 2.98. The van der Waals surface area contributed by atoms with E-state index >= 15 is 0 Å². The summed E-state index contributed by atoms with van der Waals surface area (Å²) in [4.78, 5) is 14.5. The fraction of sp³-hybridized carbons (Fsp3) is 0.417. The maximum absolute atomic E-state index is 10.2. The average molecular weight is 301 g/mol. The molecule has 10 heteroatoms. The summed E-state index contributed by atoms with van der Waals surface area (Å²) in [5.41, 5.74) is 7.07. The van der Waals surface area contributed by atoms with Gasteiger partial charge in [0.25, 0.3) is 0 Å². The van der Waals surface area contributed by atoms with Crippen LogP contribution in [0.5, 0.6) is 0 Å². The number of nitrogen functional groups attached to an aromatic ring is 1. The van der Waals surface area contributed by atoms with E-state index in [9.17, 15) is 5.11 Å². The Bertz CT molecular complexity index is 783. The van der Waals surface area contributed by atoms with Crippen LogP contribution in [0.15, 0.2) is 25.0 Å². The second-order valence-electron chi connectivity index (χ2n) is 5.34. The smallest absolute Gasteiger partial charge is 0.166 e. The van der Waals surface area contributed by atoms with E-state index in [1.165, 1.54) is 6.33 Å². The van der Waals surface area contributed by atoms with Crippen molar-refractivity contribution in [3.05, 3.63) is 25.0 Å². The van der Waals surface area contributed by atoms with E-state index in [1.54, 1.807) is 23.4 Å². The molecule has 0 saturated carbocycles. The molecule has 1 saturated heterocycles. The molecule has 22 heavy (non-hydrogen) atoms. The molecule has 0 radical (unpaired) electrons. The lowest BCUT2D eigenvalue weighted by Crippen LogP contribution is -2.25. The van der Waals surface area contributed by atoms with Crippen molar-refractivity contribution in [2.24, 2.45) is 0 Å². The topological polar surface area (TPSA) is 124 Å². The Morgan fingerprint density at radius 3 is 3.00 bits per heavy atom. The Labute approximate surface area is 125 Å². The predicted octanol–water partition coefficient (Wildman–Crippen LogP) is -1.12. The quantitative estimate of drug-likeness (QED) is 0.623. The maximum atomic E-state index is 10.2. The number of aliphatic hydroxyl groups excluding tert-OH is 1. The average Bonchev–Trinajstić information content (AvgIpc) is 3.20. The van der Waals surface area contributed by atoms with Crippen molar-refractivity contribution in [1.82, 2.24) is 39.4 Å². The van der Waals surface area contributed by atoms with Crippen molar-refractivity contribution in [3.63, 3.8) is 0 Å². The zero-order valence-corrected chi connectivity index (χ0v) is 11.7.